The number of nitrogens with two attached hydrogens (primary N) is 1. The summed E-state index contributed by atoms with van der Waals surface area (Å²) in [5, 5.41) is 3.14. The molecule has 24 heavy (non-hydrogen) atoms. The van der Waals surface area contributed by atoms with Gasteiger partial charge in [0.1, 0.15) is 0 Å². The molecule has 0 spiro atoms. The molecule has 0 aromatic heterocycles. The van der Waals surface area contributed by atoms with Gasteiger partial charge in [-0.05, 0) is 56.3 Å². The molecule has 0 radical (unpaired) electrons. The molecule has 1 aromatic rings. The lowest BCUT2D eigenvalue weighted by Crippen LogP contribution is -2.43. The van der Waals surface area contributed by atoms with Crippen molar-refractivity contribution in [3.8, 4) is 0 Å². The fraction of sp³-hybridized carbons (Fsp3) is 0.579. The fourth-order valence-corrected chi connectivity index (χ4v) is 3.95. The second-order valence-electron chi connectivity index (χ2n) is 7.17. The molecule has 3 N–H and O–H groups in total. The Morgan fingerprint density at radius 3 is 2.88 bits per heavy atom. The maximum atomic E-state index is 12.6. The van der Waals surface area contributed by atoms with E-state index in [4.69, 9.17) is 5.73 Å². The number of anilines is 1. The van der Waals surface area contributed by atoms with Crippen molar-refractivity contribution < 1.29 is 9.59 Å². The van der Waals surface area contributed by atoms with Crippen molar-refractivity contribution in [1.82, 2.24) is 5.32 Å². The fourth-order valence-electron chi connectivity index (χ4n) is 3.95. The lowest BCUT2D eigenvalue weighted by atomic mass is 10.0. The van der Waals surface area contributed by atoms with Crippen molar-refractivity contribution in [2.75, 3.05) is 18.0 Å². The zero-order valence-electron chi connectivity index (χ0n) is 14.5. The first-order chi connectivity index (χ1) is 11.5. The average molecular weight is 329 g/mol. The first-order valence-electron chi connectivity index (χ1n) is 8.88. The summed E-state index contributed by atoms with van der Waals surface area (Å²) in [5.74, 6) is 0.143. The number of rotatable bonds is 4. The van der Waals surface area contributed by atoms with Crippen LogP contribution >= 0.6 is 0 Å². The van der Waals surface area contributed by atoms with Gasteiger partial charge in [-0.2, -0.15) is 0 Å². The van der Waals surface area contributed by atoms with E-state index >= 15 is 0 Å². The Kier molecular flexibility index (Phi) is 4.90. The number of hydrogen-bond acceptors (Lipinski definition) is 3. The van der Waals surface area contributed by atoms with Crippen LogP contribution in [0.2, 0.25) is 0 Å². The minimum absolute atomic E-state index is 0.00139. The van der Waals surface area contributed by atoms with Crippen LogP contribution in [0.1, 0.15) is 36.8 Å². The maximum absolute atomic E-state index is 12.6. The normalized spacial score (nSPS) is 26.9. The molecule has 3 atom stereocenters. The van der Waals surface area contributed by atoms with Crippen LogP contribution in [0.3, 0.4) is 0 Å². The van der Waals surface area contributed by atoms with Crippen LogP contribution in [0.25, 0.3) is 0 Å². The molecule has 3 rings (SSSR count). The highest BCUT2D eigenvalue weighted by Gasteiger charge is 2.37. The molecular formula is C19H27N3O2. The molecule has 0 bridgehead atoms. The molecule has 1 saturated carbocycles. The highest BCUT2D eigenvalue weighted by molar-refractivity contribution is 6.01. The summed E-state index contributed by atoms with van der Waals surface area (Å²) >= 11 is 0. The van der Waals surface area contributed by atoms with Crippen LogP contribution < -0.4 is 16.0 Å². The van der Waals surface area contributed by atoms with Gasteiger partial charge in [0, 0.05) is 24.7 Å². The molecule has 1 heterocycles. The van der Waals surface area contributed by atoms with Gasteiger partial charge in [0.2, 0.25) is 11.8 Å². The van der Waals surface area contributed by atoms with Crippen LogP contribution in [-0.2, 0) is 9.59 Å². The number of amides is 2. The molecule has 2 fully saturated rings. The molecule has 5 heteroatoms. The van der Waals surface area contributed by atoms with Gasteiger partial charge >= 0.3 is 0 Å². The first kappa shape index (κ1) is 17.0. The quantitative estimate of drug-likeness (QED) is 0.886. The summed E-state index contributed by atoms with van der Waals surface area (Å²) in [4.78, 5) is 26.8. The molecule has 1 aliphatic heterocycles. The largest absolute Gasteiger partial charge is 0.353 e. The molecule has 130 valence electrons. The van der Waals surface area contributed by atoms with E-state index in [2.05, 4.69) is 5.32 Å². The van der Waals surface area contributed by atoms with Crippen molar-refractivity contribution in [3.63, 3.8) is 0 Å². The molecule has 5 nitrogen and oxygen atoms in total. The minimum atomic E-state index is -0.267. The Morgan fingerprint density at radius 1 is 1.33 bits per heavy atom. The molecule has 2 amide bonds. The van der Waals surface area contributed by atoms with Crippen LogP contribution in [-0.4, -0.2) is 30.9 Å². The number of aryl methyl sites for hydroxylation is 1. The second kappa shape index (κ2) is 6.93. The van der Waals surface area contributed by atoms with Crippen LogP contribution in [0.15, 0.2) is 18.2 Å². The summed E-state index contributed by atoms with van der Waals surface area (Å²) in [6.45, 7) is 5.14. The smallest absolute Gasteiger partial charge is 0.227 e. The number of benzene rings is 1. The van der Waals surface area contributed by atoms with Gasteiger partial charge in [0.15, 0.2) is 0 Å². The van der Waals surface area contributed by atoms with E-state index in [1.807, 2.05) is 32.0 Å². The highest BCUT2D eigenvalue weighted by Crippen LogP contribution is 2.30. The van der Waals surface area contributed by atoms with Gasteiger partial charge in [-0.3, -0.25) is 9.59 Å². The van der Waals surface area contributed by atoms with Crippen LogP contribution in [0, 0.1) is 25.7 Å². The van der Waals surface area contributed by atoms with E-state index in [0.29, 0.717) is 25.4 Å². The summed E-state index contributed by atoms with van der Waals surface area (Å²) in [5.41, 5.74) is 8.98. The molecule has 3 unspecified atom stereocenters. The zero-order valence-corrected chi connectivity index (χ0v) is 14.5. The molecular weight excluding hydrogens is 302 g/mol. The van der Waals surface area contributed by atoms with E-state index in [9.17, 15) is 9.59 Å². The predicted octanol–water partition coefficient (Wildman–Crippen LogP) is 1.90. The van der Waals surface area contributed by atoms with E-state index < -0.39 is 0 Å². The summed E-state index contributed by atoms with van der Waals surface area (Å²) in [7, 11) is 0. The topological polar surface area (TPSA) is 75.4 Å². The maximum Gasteiger partial charge on any atom is 0.227 e. The SMILES string of the molecule is Cc1cccc(N2CC(C(=O)NC3CCCC3CN)CC2=O)c1C. The highest BCUT2D eigenvalue weighted by atomic mass is 16.2. The summed E-state index contributed by atoms with van der Waals surface area (Å²) < 4.78 is 0. The summed E-state index contributed by atoms with van der Waals surface area (Å²) in [6, 6.07) is 6.13. The monoisotopic (exact) mass is 329 g/mol. The van der Waals surface area contributed by atoms with Gasteiger partial charge in [-0.25, -0.2) is 0 Å². The third-order valence-corrected chi connectivity index (χ3v) is 5.65. The third kappa shape index (κ3) is 3.18. The molecule has 1 aromatic carbocycles. The Labute approximate surface area is 143 Å². The zero-order chi connectivity index (χ0) is 17.3. The van der Waals surface area contributed by atoms with Crippen molar-refractivity contribution in [3.05, 3.63) is 29.3 Å². The standard InChI is InChI=1S/C19H27N3O2/c1-12-5-3-8-17(13(12)2)22-11-15(9-18(22)23)19(24)21-16-7-4-6-14(16)10-20/h3,5,8,14-16H,4,6-7,9-11,20H2,1-2H3,(H,21,24). The Bertz CT molecular complexity index is 643. The van der Waals surface area contributed by atoms with Crippen molar-refractivity contribution in [2.45, 2.75) is 45.6 Å². The van der Waals surface area contributed by atoms with E-state index in [0.717, 1.165) is 36.1 Å². The number of nitrogens with zero attached hydrogens (tertiary/aromatic N) is 1. The van der Waals surface area contributed by atoms with Crippen molar-refractivity contribution >= 4 is 17.5 Å². The number of hydrogen-bond donors (Lipinski definition) is 2. The van der Waals surface area contributed by atoms with E-state index in [1.54, 1.807) is 4.90 Å². The van der Waals surface area contributed by atoms with Gasteiger partial charge in [0.25, 0.3) is 0 Å². The summed E-state index contributed by atoms with van der Waals surface area (Å²) in [6.07, 6.45) is 3.49. The molecule has 1 saturated heterocycles. The van der Waals surface area contributed by atoms with Gasteiger partial charge in [-0.1, -0.05) is 18.6 Å². The molecule has 2 aliphatic rings. The van der Waals surface area contributed by atoms with Crippen molar-refractivity contribution in [1.29, 1.82) is 0 Å². The average Bonchev–Trinajstić information content (AvgIpc) is 3.16. The lowest BCUT2D eigenvalue weighted by Gasteiger charge is -2.22. The van der Waals surface area contributed by atoms with Crippen molar-refractivity contribution in [2.24, 2.45) is 17.6 Å². The Balaban J connectivity index is 1.68. The number of carbonyl (C=O) groups excluding carboxylic acids is 2. The molecule has 1 aliphatic carbocycles. The first-order valence-corrected chi connectivity index (χ1v) is 8.88. The van der Waals surface area contributed by atoms with Crippen LogP contribution in [0.5, 0.6) is 0 Å². The Morgan fingerprint density at radius 2 is 2.12 bits per heavy atom. The van der Waals surface area contributed by atoms with Crippen LogP contribution in [0.4, 0.5) is 5.69 Å². The number of carbonyl (C=O) groups is 2. The Hall–Kier alpha value is -1.88. The van der Waals surface area contributed by atoms with E-state index in [1.165, 1.54) is 0 Å². The lowest BCUT2D eigenvalue weighted by molar-refractivity contribution is -0.127. The predicted molar refractivity (Wildman–Crippen MR) is 94.7 cm³/mol. The minimum Gasteiger partial charge on any atom is -0.353 e. The van der Waals surface area contributed by atoms with Gasteiger partial charge in [-0.15, -0.1) is 0 Å². The van der Waals surface area contributed by atoms with Gasteiger partial charge in [0.05, 0.1) is 5.92 Å². The number of nitrogens with one attached hydrogen (secondary N) is 1. The van der Waals surface area contributed by atoms with E-state index in [-0.39, 0.29) is 23.8 Å². The third-order valence-electron chi connectivity index (χ3n) is 5.65. The van der Waals surface area contributed by atoms with Gasteiger partial charge < -0.3 is 16.0 Å². The second-order valence-corrected chi connectivity index (χ2v) is 7.17.